The van der Waals surface area contributed by atoms with Crippen LogP contribution in [0, 0.1) is 0 Å². The molecule has 0 saturated carbocycles. The van der Waals surface area contributed by atoms with Gasteiger partial charge >= 0.3 is 0 Å². The zero-order chi connectivity index (χ0) is 22.1. The van der Waals surface area contributed by atoms with E-state index in [0.717, 1.165) is 11.1 Å². The van der Waals surface area contributed by atoms with Crippen molar-refractivity contribution in [1.29, 1.82) is 0 Å². The third kappa shape index (κ3) is 7.53. The summed E-state index contributed by atoms with van der Waals surface area (Å²) in [6.07, 6.45) is 0.522. The molecule has 0 saturated heterocycles. The summed E-state index contributed by atoms with van der Waals surface area (Å²) in [5.41, 5.74) is 1.88. The first-order valence-corrected chi connectivity index (χ1v) is 11.9. The third-order valence-electron chi connectivity index (χ3n) is 4.50. The molecule has 2 aromatic rings. The molecule has 0 aliphatic carbocycles. The SMILES string of the molecule is CCC(C(=O)NC(C)C)N(Cc1ccccc1Cl)C(=O)CSCc1cccc(Cl)c1. The number of hydrogen-bond donors (Lipinski definition) is 1. The lowest BCUT2D eigenvalue weighted by Gasteiger charge is -2.31. The summed E-state index contributed by atoms with van der Waals surface area (Å²) in [5.74, 6) is 0.698. The zero-order valence-electron chi connectivity index (χ0n) is 17.5. The Labute approximate surface area is 193 Å². The Morgan fingerprint density at radius 1 is 1.10 bits per heavy atom. The Hall–Kier alpha value is -1.69. The molecule has 7 heteroatoms. The molecule has 30 heavy (non-hydrogen) atoms. The minimum atomic E-state index is -0.553. The highest BCUT2D eigenvalue weighted by atomic mass is 35.5. The number of nitrogens with zero attached hydrogens (tertiary/aromatic N) is 1. The molecular weight excluding hydrogens is 439 g/mol. The van der Waals surface area contributed by atoms with Gasteiger partial charge in [0.25, 0.3) is 0 Å². The van der Waals surface area contributed by atoms with Crippen molar-refractivity contribution in [2.24, 2.45) is 0 Å². The molecule has 0 radical (unpaired) electrons. The van der Waals surface area contributed by atoms with Gasteiger partial charge in [-0.05, 0) is 49.6 Å². The van der Waals surface area contributed by atoms with Crippen LogP contribution in [0.4, 0.5) is 0 Å². The third-order valence-corrected chi connectivity index (χ3v) is 6.09. The second-order valence-corrected chi connectivity index (χ2v) is 9.15. The van der Waals surface area contributed by atoms with Gasteiger partial charge in [0.1, 0.15) is 6.04 Å². The number of amides is 2. The molecule has 0 spiro atoms. The van der Waals surface area contributed by atoms with E-state index >= 15 is 0 Å². The largest absolute Gasteiger partial charge is 0.352 e. The van der Waals surface area contributed by atoms with Crippen LogP contribution in [0.15, 0.2) is 48.5 Å². The Kier molecular flexibility index (Phi) is 10.0. The Morgan fingerprint density at radius 2 is 1.83 bits per heavy atom. The van der Waals surface area contributed by atoms with Gasteiger partial charge in [0.15, 0.2) is 0 Å². The van der Waals surface area contributed by atoms with Gasteiger partial charge in [-0.1, -0.05) is 60.5 Å². The van der Waals surface area contributed by atoms with Crippen LogP contribution in [0.2, 0.25) is 10.0 Å². The number of halogens is 2. The van der Waals surface area contributed by atoms with Gasteiger partial charge in [-0.25, -0.2) is 0 Å². The van der Waals surface area contributed by atoms with Crippen LogP contribution in [0.1, 0.15) is 38.3 Å². The Morgan fingerprint density at radius 3 is 2.47 bits per heavy atom. The minimum Gasteiger partial charge on any atom is -0.352 e. The highest BCUT2D eigenvalue weighted by molar-refractivity contribution is 7.99. The topological polar surface area (TPSA) is 49.4 Å². The van der Waals surface area contributed by atoms with Crippen LogP contribution < -0.4 is 5.32 Å². The van der Waals surface area contributed by atoms with Gasteiger partial charge in [-0.15, -0.1) is 11.8 Å². The van der Waals surface area contributed by atoms with Crippen molar-refractivity contribution >= 4 is 46.8 Å². The van der Waals surface area contributed by atoms with E-state index in [2.05, 4.69) is 5.32 Å². The molecule has 2 rings (SSSR count). The zero-order valence-corrected chi connectivity index (χ0v) is 19.9. The first-order valence-electron chi connectivity index (χ1n) is 9.97. The van der Waals surface area contributed by atoms with Gasteiger partial charge in [0, 0.05) is 28.4 Å². The summed E-state index contributed by atoms with van der Waals surface area (Å²) in [6.45, 7) is 6.02. The lowest BCUT2D eigenvalue weighted by molar-refractivity contribution is -0.139. The lowest BCUT2D eigenvalue weighted by Crippen LogP contribution is -2.51. The number of thioether (sulfide) groups is 1. The van der Waals surface area contributed by atoms with E-state index < -0.39 is 6.04 Å². The average Bonchev–Trinajstić information content (AvgIpc) is 2.68. The van der Waals surface area contributed by atoms with Gasteiger partial charge < -0.3 is 10.2 Å². The molecule has 0 fully saturated rings. The molecule has 1 atom stereocenters. The summed E-state index contributed by atoms with van der Waals surface area (Å²) >= 11 is 13.9. The maximum atomic E-state index is 13.2. The van der Waals surface area contributed by atoms with Crippen LogP contribution >= 0.6 is 35.0 Å². The number of carbonyl (C=O) groups excluding carboxylic acids is 2. The molecule has 2 aromatic carbocycles. The van der Waals surface area contributed by atoms with Crippen molar-refractivity contribution < 1.29 is 9.59 Å². The predicted molar refractivity (Wildman–Crippen MR) is 127 cm³/mol. The maximum absolute atomic E-state index is 13.2. The number of benzene rings is 2. The van der Waals surface area contributed by atoms with Crippen LogP contribution in [0.3, 0.4) is 0 Å². The number of rotatable bonds is 10. The van der Waals surface area contributed by atoms with Gasteiger partial charge in [-0.2, -0.15) is 0 Å². The molecular formula is C23H28Cl2N2O2S. The number of carbonyl (C=O) groups is 2. The molecule has 0 heterocycles. The summed E-state index contributed by atoms with van der Waals surface area (Å²) in [7, 11) is 0. The van der Waals surface area contributed by atoms with E-state index in [1.54, 1.807) is 11.0 Å². The molecule has 1 unspecified atom stereocenters. The van der Waals surface area contributed by atoms with Crippen molar-refractivity contribution in [2.45, 2.75) is 51.6 Å². The molecule has 0 aromatic heterocycles. The monoisotopic (exact) mass is 466 g/mol. The van der Waals surface area contributed by atoms with E-state index in [4.69, 9.17) is 23.2 Å². The molecule has 1 N–H and O–H groups in total. The van der Waals surface area contributed by atoms with Gasteiger partial charge in [0.05, 0.1) is 5.75 Å². The highest BCUT2D eigenvalue weighted by Gasteiger charge is 2.29. The second kappa shape index (κ2) is 12.2. The van der Waals surface area contributed by atoms with Gasteiger partial charge in [0.2, 0.25) is 11.8 Å². The predicted octanol–water partition coefficient (Wildman–Crippen LogP) is 5.56. The van der Waals surface area contributed by atoms with Crippen molar-refractivity contribution in [2.75, 3.05) is 5.75 Å². The second-order valence-electron chi connectivity index (χ2n) is 7.32. The molecule has 0 aliphatic rings. The summed E-state index contributed by atoms with van der Waals surface area (Å²) in [4.78, 5) is 27.6. The van der Waals surface area contributed by atoms with Crippen molar-refractivity contribution in [1.82, 2.24) is 10.2 Å². The molecule has 4 nitrogen and oxygen atoms in total. The summed E-state index contributed by atoms with van der Waals surface area (Å²) < 4.78 is 0. The maximum Gasteiger partial charge on any atom is 0.243 e. The average molecular weight is 467 g/mol. The van der Waals surface area contributed by atoms with Crippen LogP contribution in [0.5, 0.6) is 0 Å². The van der Waals surface area contributed by atoms with Crippen LogP contribution in [-0.4, -0.2) is 34.6 Å². The molecule has 162 valence electrons. The van der Waals surface area contributed by atoms with Crippen molar-refractivity contribution in [3.05, 3.63) is 69.7 Å². The molecule has 0 aliphatic heterocycles. The minimum absolute atomic E-state index is 0.000944. The van der Waals surface area contributed by atoms with Crippen molar-refractivity contribution in [3.63, 3.8) is 0 Å². The smallest absolute Gasteiger partial charge is 0.243 e. The van der Waals surface area contributed by atoms with E-state index in [0.29, 0.717) is 28.8 Å². The normalized spacial score (nSPS) is 11.9. The fourth-order valence-electron chi connectivity index (χ4n) is 3.08. The highest BCUT2D eigenvalue weighted by Crippen LogP contribution is 2.22. The van der Waals surface area contributed by atoms with E-state index in [1.807, 2.05) is 63.2 Å². The fourth-order valence-corrected chi connectivity index (χ4v) is 4.34. The molecule has 0 bridgehead atoms. The van der Waals surface area contributed by atoms with Crippen LogP contribution in [-0.2, 0) is 21.9 Å². The Bertz CT molecular complexity index is 861. The number of nitrogens with one attached hydrogen (secondary N) is 1. The standard InChI is InChI=1S/C23H28Cl2N2O2S/c1-4-21(23(29)26-16(2)3)27(13-18-9-5-6-11-20(18)25)22(28)15-30-14-17-8-7-10-19(24)12-17/h5-12,16,21H,4,13-15H2,1-3H3,(H,26,29). The molecule has 2 amide bonds. The van der Waals surface area contributed by atoms with E-state index in [1.165, 1.54) is 11.8 Å². The Balaban J connectivity index is 2.15. The van der Waals surface area contributed by atoms with Gasteiger partial charge in [-0.3, -0.25) is 9.59 Å². The van der Waals surface area contributed by atoms with E-state index in [-0.39, 0.29) is 23.6 Å². The summed E-state index contributed by atoms with van der Waals surface area (Å²) in [6, 6.07) is 14.5. The number of hydrogen-bond acceptors (Lipinski definition) is 3. The first-order chi connectivity index (χ1) is 14.3. The fraction of sp³-hybridized carbons (Fsp3) is 0.391. The summed E-state index contributed by atoms with van der Waals surface area (Å²) in [5, 5.41) is 4.19. The van der Waals surface area contributed by atoms with Crippen molar-refractivity contribution in [3.8, 4) is 0 Å². The lowest BCUT2D eigenvalue weighted by atomic mass is 10.1. The first kappa shape index (κ1) is 24.6. The van der Waals surface area contributed by atoms with Crippen LogP contribution in [0.25, 0.3) is 0 Å². The van der Waals surface area contributed by atoms with E-state index in [9.17, 15) is 9.59 Å². The quantitative estimate of drug-likeness (QED) is 0.498.